The molecule has 0 fully saturated rings. The van der Waals surface area contributed by atoms with Gasteiger partial charge in [-0.05, 0) is 42.8 Å². The smallest absolute Gasteiger partial charge is 0.338 e. The Kier molecular flexibility index (Phi) is 5.30. The summed E-state index contributed by atoms with van der Waals surface area (Å²) in [6.07, 6.45) is 2.37. The van der Waals surface area contributed by atoms with E-state index in [0.717, 1.165) is 23.1 Å². The van der Waals surface area contributed by atoms with Gasteiger partial charge in [0, 0.05) is 11.9 Å². The SMILES string of the molecule is CCCOC(=O)c1ccc(N/C=C(\C#N)c2nc3ccccc3[nH]2)cc1. The Morgan fingerprint density at radius 1 is 1.27 bits per heavy atom. The summed E-state index contributed by atoms with van der Waals surface area (Å²) >= 11 is 0. The number of carbonyl (C=O) groups excluding carboxylic acids is 1. The number of anilines is 1. The number of nitrogens with one attached hydrogen (secondary N) is 2. The van der Waals surface area contributed by atoms with Crippen molar-refractivity contribution in [3.8, 4) is 6.07 Å². The molecule has 26 heavy (non-hydrogen) atoms. The molecule has 2 aromatic carbocycles. The summed E-state index contributed by atoms with van der Waals surface area (Å²) < 4.78 is 5.09. The van der Waals surface area contributed by atoms with E-state index in [-0.39, 0.29) is 5.97 Å². The fourth-order valence-electron chi connectivity index (χ4n) is 2.37. The van der Waals surface area contributed by atoms with Crippen molar-refractivity contribution in [2.45, 2.75) is 13.3 Å². The predicted molar refractivity (Wildman–Crippen MR) is 100 cm³/mol. The van der Waals surface area contributed by atoms with Gasteiger partial charge in [-0.25, -0.2) is 9.78 Å². The quantitative estimate of drug-likeness (QED) is 0.518. The molecular weight excluding hydrogens is 328 g/mol. The van der Waals surface area contributed by atoms with Crippen LogP contribution in [-0.4, -0.2) is 22.5 Å². The largest absolute Gasteiger partial charge is 0.462 e. The lowest BCUT2D eigenvalue weighted by Crippen LogP contribution is -2.05. The Labute approximate surface area is 151 Å². The van der Waals surface area contributed by atoms with Crippen LogP contribution < -0.4 is 5.32 Å². The highest BCUT2D eigenvalue weighted by Crippen LogP contribution is 2.17. The number of hydrogen-bond donors (Lipinski definition) is 2. The molecule has 1 aromatic heterocycles. The molecular formula is C20H18N4O2. The van der Waals surface area contributed by atoms with Crippen molar-refractivity contribution < 1.29 is 9.53 Å². The van der Waals surface area contributed by atoms with Crippen LogP contribution in [0.25, 0.3) is 16.6 Å². The first-order valence-corrected chi connectivity index (χ1v) is 8.30. The minimum absolute atomic E-state index is 0.339. The molecule has 3 aromatic rings. The van der Waals surface area contributed by atoms with Gasteiger partial charge < -0.3 is 15.0 Å². The number of nitriles is 1. The van der Waals surface area contributed by atoms with Crippen molar-refractivity contribution in [1.82, 2.24) is 9.97 Å². The van der Waals surface area contributed by atoms with Gasteiger partial charge in [0.1, 0.15) is 11.6 Å². The molecule has 0 saturated carbocycles. The molecule has 0 aliphatic heterocycles. The van der Waals surface area contributed by atoms with Crippen molar-refractivity contribution >= 4 is 28.3 Å². The number of benzene rings is 2. The third kappa shape index (κ3) is 3.90. The molecule has 0 amide bonds. The van der Waals surface area contributed by atoms with Crippen molar-refractivity contribution in [3.05, 3.63) is 66.1 Å². The first-order valence-electron chi connectivity index (χ1n) is 8.30. The predicted octanol–water partition coefficient (Wildman–Crippen LogP) is 4.11. The summed E-state index contributed by atoms with van der Waals surface area (Å²) in [7, 11) is 0. The molecule has 2 N–H and O–H groups in total. The highest BCUT2D eigenvalue weighted by molar-refractivity contribution is 5.90. The van der Waals surface area contributed by atoms with Crippen LogP contribution in [0.4, 0.5) is 5.69 Å². The van der Waals surface area contributed by atoms with Crippen LogP contribution in [0.15, 0.2) is 54.7 Å². The summed E-state index contributed by atoms with van der Waals surface area (Å²) in [5.74, 6) is 0.162. The van der Waals surface area contributed by atoms with Crippen molar-refractivity contribution in [2.75, 3.05) is 11.9 Å². The van der Waals surface area contributed by atoms with E-state index in [0.29, 0.717) is 23.6 Å². The number of aromatic nitrogens is 2. The summed E-state index contributed by atoms with van der Waals surface area (Å²) in [4.78, 5) is 19.3. The summed E-state index contributed by atoms with van der Waals surface area (Å²) in [5.41, 5.74) is 3.30. The van der Waals surface area contributed by atoms with Crippen LogP contribution in [0.3, 0.4) is 0 Å². The fraction of sp³-hybridized carbons (Fsp3) is 0.150. The molecule has 0 bridgehead atoms. The first-order chi connectivity index (χ1) is 12.7. The monoisotopic (exact) mass is 346 g/mol. The highest BCUT2D eigenvalue weighted by Gasteiger charge is 2.08. The van der Waals surface area contributed by atoms with Crippen molar-refractivity contribution in [2.24, 2.45) is 0 Å². The van der Waals surface area contributed by atoms with Crippen LogP contribution in [-0.2, 0) is 4.74 Å². The van der Waals surface area contributed by atoms with Crippen LogP contribution in [0.1, 0.15) is 29.5 Å². The third-order valence-electron chi connectivity index (χ3n) is 3.71. The molecule has 0 spiro atoms. The number of fused-ring (bicyclic) bond motifs is 1. The minimum atomic E-state index is -0.339. The van der Waals surface area contributed by atoms with Crippen LogP contribution in [0.2, 0.25) is 0 Å². The number of H-pyrrole nitrogens is 1. The average molecular weight is 346 g/mol. The number of allylic oxidation sites excluding steroid dienone is 1. The summed E-state index contributed by atoms with van der Waals surface area (Å²) in [6.45, 7) is 2.35. The number of esters is 1. The zero-order chi connectivity index (χ0) is 18.4. The standard InChI is InChI=1S/C20H18N4O2/c1-2-11-26-20(25)14-7-9-16(10-8-14)22-13-15(12-21)19-23-17-5-3-4-6-18(17)24-19/h3-10,13,22H,2,11H2,1H3,(H,23,24)/b15-13+. The highest BCUT2D eigenvalue weighted by atomic mass is 16.5. The van der Waals surface area contributed by atoms with E-state index >= 15 is 0 Å². The van der Waals surface area contributed by atoms with Crippen LogP contribution in [0.5, 0.6) is 0 Å². The van der Waals surface area contributed by atoms with Crippen molar-refractivity contribution in [3.63, 3.8) is 0 Å². The maximum Gasteiger partial charge on any atom is 0.338 e. The van der Waals surface area contributed by atoms with Gasteiger partial charge in [-0.3, -0.25) is 0 Å². The number of rotatable bonds is 6. The molecule has 0 atom stereocenters. The van der Waals surface area contributed by atoms with Gasteiger partial charge in [0.05, 0.1) is 23.2 Å². The number of aromatic amines is 1. The van der Waals surface area contributed by atoms with Gasteiger partial charge in [-0.15, -0.1) is 0 Å². The second-order valence-electron chi connectivity index (χ2n) is 5.63. The molecule has 130 valence electrons. The number of ether oxygens (including phenoxy) is 1. The number of hydrogen-bond acceptors (Lipinski definition) is 5. The number of nitrogens with zero attached hydrogens (tertiary/aromatic N) is 2. The van der Waals surface area contributed by atoms with Crippen LogP contribution >= 0.6 is 0 Å². The zero-order valence-corrected chi connectivity index (χ0v) is 14.3. The third-order valence-corrected chi connectivity index (χ3v) is 3.71. The van der Waals surface area contributed by atoms with E-state index in [1.165, 1.54) is 0 Å². The molecule has 1 heterocycles. The minimum Gasteiger partial charge on any atom is -0.462 e. The molecule has 0 unspecified atom stereocenters. The van der Waals surface area contributed by atoms with Gasteiger partial charge in [-0.2, -0.15) is 5.26 Å². The van der Waals surface area contributed by atoms with E-state index < -0.39 is 0 Å². The Morgan fingerprint density at radius 3 is 2.73 bits per heavy atom. The van der Waals surface area contributed by atoms with E-state index in [1.807, 2.05) is 31.2 Å². The molecule has 0 aliphatic carbocycles. The average Bonchev–Trinajstić information content (AvgIpc) is 3.11. The normalized spacial score (nSPS) is 11.2. The molecule has 6 nitrogen and oxygen atoms in total. The van der Waals surface area contributed by atoms with E-state index in [1.54, 1.807) is 30.5 Å². The number of para-hydroxylation sites is 2. The summed E-state index contributed by atoms with van der Waals surface area (Å²) in [6, 6.07) is 16.6. The van der Waals surface area contributed by atoms with Gasteiger partial charge in [0.15, 0.2) is 5.82 Å². The number of carbonyl (C=O) groups is 1. The maximum atomic E-state index is 11.8. The lowest BCUT2D eigenvalue weighted by Gasteiger charge is -2.05. The zero-order valence-electron chi connectivity index (χ0n) is 14.3. The Bertz CT molecular complexity index is 948. The van der Waals surface area contributed by atoms with Gasteiger partial charge in [0.2, 0.25) is 0 Å². The first kappa shape index (κ1) is 17.2. The second kappa shape index (κ2) is 7.99. The maximum absolute atomic E-state index is 11.8. The molecule has 6 heteroatoms. The molecule has 0 aliphatic rings. The van der Waals surface area contributed by atoms with Crippen LogP contribution in [0, 0.1) is 11.3 Å². The van der Waals surface area contributed by atoms with Gasteiger partial charge in [0.25, 0.3) is 0 Å². The Balaban J connectivity index is 1.73. The molecule has 0 radical (unpaired) electrons. The van der Waals surface area contributed by atoms with Gasteiger partial charge in [-0.1, -0.05) is 19.1 Å². The Hall–Kier alpha value is -3.59. The van der Waals surface area contributed by atoms with E-state index in [2.05, 4.69) is 21.4 Å². The van der Waals surface area contributed by atoms with E-state index in [4.69, 9.17) is 4.74 Å². The molecule has 3 rings (SSSR count). The lowest BCUT2D eigenvalue weighted by atomic mass is 10.2. The number of imidazole rings is 1. The lowest BCUT2D eigenvalue weighted by molar-refractivity contribution is 0.0505. The second-order valence-corrected chi connectivity index (χ2v) is 5.63. The van der Waals surface area contributed by atoms with Gasteiger partial charge >= 0.3 is 5.97 Å². The van der Waals surface area contributed by atoms with Crippen molar-refractivity contribution in [1.29, 1.82) is 5.26 Å². The Morgan fingerprint density at radius 2 is 2.04 bits per heavy atom. The summed E-state index contributed by atoms with van der Waals surface area (Å²) in [5, 5.41) is 12.5. The topological polar surface area (TPSA) is 90.8 Å². The molecule has 0 saturated heterocycles. The fourth-order valence-corrected chi connectivity index (χ4v) is 2.37. The van der Waals surface area contributed by atoms with E-state index in [9.17, 15) is 10.1 Å².